The molecule has 7 heteroatoms. The highest BCUT2D eigenvalue weighted by Crippen LogP contribution is 2.20. The molecule has 0 aromatic carbocycles. The van der Waals surface area contributed by atoms with Gasteiger partial charge in [0.05, 0.1) is 18.4 Å². The van der Waals surface area contributed by atoms with Crippen molar-refractivity contribution in [3.8, 4) is 0 Å². The third-order valence-corrected chi connectivity index (χ3v) is 4.17. The van der Waals surface area contributed by atoms with Gasteiger partial charge < -0.3 is 25.4 Å². The minimum Gasteiger partial charge on any atom is -0.374 e. The zero-order valence-corrected chi connectivity index (χ0v) is 13.9. The standard InChI is InChI=1S/C16H27N5O2/c1-2-22-11-15-20-14-4-6-17-5-3-13(14)16(21-15)19-10-12-9-18-7-8-23-12/h12,17-18H,2-11H2,1H3,(H,19,20,21). The van der Waals surface area contributed by atoms with Crippen molar-refractivity contribution in [3.63, 3.8) is 0 Å². The number of morpholine rings is 1. The van der Waals surface area contributed by atoms with Crippen LogP contribution in [0.2, 0.25) is 0 Å². The van der Waals surface area contributed by atoms with E-state index in [1.54, 1.807) is 0 Å². The Morgan fingerprint density at radius 3 is 2.96 bits per heavy atom. The summed E-state index contributed by atoms with van der Waals surface area (Å²) in [6.45, 7) is 8.41. The Labute approximate surface area is 137 Å². The molecule has 0 saturated carbocycles. The third kappa shape index (κ3) is 4.60. The maximum Gasteiger partial charge on any atom is 0.156 e. The maximum absolute atomic E-state index is 5.76. The molecule has 1 saturated heterocycles. The Morgan fingerprint density at radius 2 is 2.13 bits per heavy atom. The van der Waals surface area contributed by atoms with Gasteiger partial charge in [0.25, 0.3) is 0 Å². The molecule has 2 aliphatic rings. The number of hydrogen-bond donors (Lipinski definition) is 3. The molecule has 1 atom stereocenters. The SMILES string of the molecule is CCOCc1nc2c(c(NCC3CNCCO3)n1)CCNCC2. The van der Waals surface area contributed by atoms with Crippen LogP contribution in [-0.4, -0.2) is 62.0 Å². The first-order valence-corrected chi connectivity index (χ1v) is 8.60. The molecular weight excluding hydrogens is 294 g/mol. The molecule has 23 heavy (non-hydrogen) atoms. The number of anilines is 1. The lowest BCUT2D eigenvalue weighted by atomic mass is 10.1. The Hall–Kier alpha value is -1.28. The average molecular weight is 321 g/mol. The summed E-state index contributed by atoms with van der Waals surface area (Å²) in [5.74, 6) is 1.71. The van der Waals surface area contributed by atoms with Crippen LogP contribution in [0.5, 0.6) is 0 Å². The van der Waals surface area contributed by atoms with Crippen molar-refractivity contribution < 1.29 is 9.47 Å². The van der Waals surface area contributed by atoms with Gasteiger partial charge in [-0.15, -0.1) is 0 Å². The zero-order valence-electron chi connectivity index (χ0n) is 13.9. The minimum absolute atomic E-state index is 0.189. The van der Waals surface area contributed by atoms with E-state index in [1.165, 1.54) is 5.56 Å². The molecule has 128 valence electrons. The van der Waals surface area contributed by atoms with E-state index in [0.717, 1.165) is 69.5 Å². The lowest BCUT2D eigenvalue weighted by Gasteiger charge is -2.24. The smallest absolute Gasteiger partial charge is 0.156 e. The van der Waals surface area contributed by atoms with Crippen molar-refractivity contribution in [2.45, 2.75) is 32.5 Å². The molecule has 0 spiro atoms. The number of aromatic nitrogens is 2. The Balaban J connectivity index is 1.74. The van der Waals surface area contributed by atoms with Crippen molar-refractivity contribution in [1.82, 2.24) is 20.6 Å². The van der Waals surface area contributed by atoms with E-state index < -0.39 is 0 Å². The summed E-state index contributed by atoms with van der Waals surface area (Å²) in [6, 6.07) is 0. The molecule has 0 radical (unpaired) electrons. The van der Waals surface area contributed by atoms with E-state index in [9.17, 15) is 0 Å². The molecule has 1 fully saturated rings. The van der Waals surface area contributed by atoms with E-state index in [0.29, 0.717) is 13.2 Å². The number of nitrogens with zero attached hydrogens (tertiary/aromatic N) is 2. The van der Waals surface area contributed by atoms with Gasteiger partial charge in [0, 0.05) is 44.8 Å². The van der Waals surface area contributed by atoms with Gasteiger partial charge in [-0.3, -0.25) is 0 Å². The van der Waals surface area contributed by atoms with Crippen molar-refractivity contribution >= 4 is 5.82 Å². The highest BCUT2D eigenvalue weighted by atomic mass is 16.5. The van der Waals surface area contributed by atoms with Crippen LogP contribution >= 0.6 is 0 Å². The quantitative estimate of drug-likeness (QED) is 0.686. The topological polar surface area (TPSA) is 80.3 Å². The normalized spacial score (nSPS) is 21.5. The van der Waals surface area contributed by atoms with Gasteiger partial charge in [0.15, 0.2) is 5.82 Å². The molecule has 3 heterocycles. The third-order valence-electron chi connectivity index (χ3n) is 4.17. The second-order valence-corrected chi connectivity index (χ2v) is 5.88. The molecule has 0 amide bonds. The number of rotatable bonds is 6. The van der Waals surface area contributed by atoms with Gasteiger partial charge in [0.2, 0.25) is 0 Å². The molecule has 7 nitrogen and oxygen atoms in total. The predicted molar refractivity (Wildman–Crippen MR) is 88.7 cm³/mol. The fraction of sp³-hybridized carbons (Fsp3) is 0.750. The molecular formula is C16H27N5O2. The number of ether oxygens (including phenoxy) is 2. The van der Waals surface area contributed by atoms with Gasteiger partial charge in [-0.25, -0.2) is 9.97 Å². The molecule has 1 aromatic rings. The van der Waals surface area contributed by atoms with Crippen molar-refractivity contribution in [2.24, 2.45) is 0 Å². The first-order valence-electron chi connectivity index (χ1n) is 8.60. The van der Waals surface area contributed by atoms with Crippen LogP contribution in [0.15, 0.2) is 0 Å². The lowest BCUT2D eigenvalue weighted by molar-refractivity contribution is 0.0371. The Kier molecular flexibility index (Phi) is 6.15. The summed E-state index contributed by atoms with van der Waals surface area (Å²) in [6.07, 6.45) is 2.08. The summed E-state index contributed by atoms with van der Waals surface area (Å²) < 4.78 is 11.2. The molecule has 0 bridgehead atoms. The van der Waals surface area contributed by atoms with Gasteiger partial charge in [-0.2, -0.15) is 0 Å². The fourth-order valence-electron chi connectivity index (χ4n) is 2.96. The van der Waals surface area contributed by atoms with Crippen LogP contribution in [0.4, 0.5) is 5.82 Å². The monoisotopic (exact) mass is 321 g/mol. The first-order chi connectivity index (χ1) is 11.4. The summed E-state index contributed by atoms with van der Waals surface area (Å²) in [5.41, 5.74) is 2.38. The van der Waals surface area contributed by atoms with Crippen LogP contribution in [0.3, 0.4) is 0 Å². The second-order valence-electron chi connectivity index (χ2n) is 5.88. The van der Waals surface area contributed by atoms with Gasteiger partial charge in [-0.1, -0.05) is 0 Å². The fourth-order valence-corrected chi connectivity index (χ4v) is 2.96. The van der Waals surface area contributed by atoms with E-state index in [-0.39, 0.29) is 6.10 Å². The highest BCUT2D eigenvalue weighted by Gasteiger charge is 2.19. The van der Waals surface area contributed by atoms with Crippen molar-refractivity contribution in [2.75, 3.05) is 51.3 Å². The first kappa shape index (κ1) is 16.6. The molecule has 0 aliphatic carbocycles. The van der Waals surface area contributed by atoms with Gasteiger partial charge in [0.1, 0.15) is 12.4 Å². The second kappa shape index (κ2) is 8.54. The van der Waals surface area contributed by atoms with E-state index in [4.69, 9.17) is 19.4 Å². The van der Waals surface area contributed by atoms with Crippen LogP contribution in [0, 0.1) is 0 Å². The molecule has 1 unspecified atom stereocenters. The summed E-state index contributed by atoms with van der Waals surface area (Å²) in [4.78, 5) is 9.41. The highest BCUT2D eigenvalue weighted by molar-refractivity contribution is 5.47. The Bertz CT molecular complexity index is 505. The van der Waals surface area contributed by atoms with Crippen LogP contribution in [0.1, 0.15) is 24.0 Å². The maximum atomic E-state index is 5.76. The molecule has 3 rings (SSSR count). The number of fused-ring (bicyclic) bond motifs is 1. The van der Waals surface area contributed by atoms with E-state index in [1.807, 2.05) is 6.92 Å². The minimum atomic E-state index is 0.189. The number of nitrogens with one attached hydrogen (secondary N) is 3. The van der Waals surface area contributed by atoms with E-state index in [2.05, 4.69) is 16.0 Å². The number of hydrogen-bond acceptors (Lipinski definition) is 7. The summed E-state index contributed by atoms with van der Waals surface area (Å²) in [5, 5.41) is 10.3. The van der Waals surface area contributed by atoms with E-state index >= 15 is 0 Å². The molecule has 2 aliphatic heterocycles. The molecule has 3 N–H and O–H groups in total. The van der Waals surface area contributed by atoms with Crippen LogP contribution in [0.25, 0.3) is 0 Å². The average Bonchev–Trinajstić information content (AvgIpc) is 2.84. The molecule has 1 aromatic heterocycles. The zero-order chi connectivity index (χ0) is 15.9. The summed E-state index contributed by atoms with van der Waals surface area (Å²) >= 11 is 0. The largest absolute Gasteiger partial charge is 0.374 e. The van der Waals surface area contributed by atoms with Crippen LogP contribution in [-0.2, 0) is 28.9 Å². The summed E-state index contributed by atoms with van der Waals surface area (Å²) in [7, 11) is 0. The van der Waals surface area contributed by atoms with Crippen molar-refractivity contribution in [1.29, 1.82) is 0 Å². The van der Waals surface area contributed by atoms with Gasteiger partial charge in [-0.05, 0) is 19.9 Å². The predicted octanol–water partition coefficient (Wildman–Crippen LogP) is 0.102. The lowest BCUT2D eigenvalue weighted by Crippen LogP contribution is -2.42. The van der Waals surface area contributed by atoms with Crippen LogP contribution < -0.4 is 16.0 Å². The Morgan fingerprint density at radius 1 is 1.22 bits per heavy atom. The van der Waals surface area contributed by atoms with Crippen molar-refractivity contribution in [3.05, 3.63) is 17.1 Å². The van der Waals surface area contributed by atoms with Gasteiger partial charge >= 0.3 is 0 Å².